The van der Waals surface area contributed by atoms with Crippen molar-refractivity contribution in [3.63, 3.8) is 0 Å². The van der Waals surface area contributed by atoms with Gasteiger partial charge in [0, 0.05) is 59.2 Å². The molecule has 0 bridgehead atoms. The van der Waals surface area contributed by atoms with Crippen LogP contribution in [0.4, 0.5) is 5.82 Å². The van der Waals surface area contributed by atoms with Crippen LogP contribution in [-0.2, 0) is 24.8 Å². The predicted octanol–water partition coefficient (Wildman–Crippen LogP) is 0.235. The van der Waals surface area contributed by atoms with E-state index in [-0.39, 0.29) is 24.2 Å². The molecule has 1 atom stereocenters. The van der Waals surface area contributed by atoms with Crippen molar-refractivity contribution in [3.8, 4) is 0 Å². The first-order valence-corrected chi connectivity index (χ1v) is 10.7. The third kappa shape index (κ3) is 5.08. The Balaban J connectivity index is 1.23. The number of hydrogen-bond donors (Lipinski definition) is 2. The largest absolute Gasteiger partial charge is 0.392 e. The highest BCUT2D eigenvalue weighted by molar-refractivity contribution is 5.94. The highest BCUT2D eigenvalue weighted by Gasteiger charge is 2.28. The van der Waals surface area contributed by atoms with Crippen LogP contribution < -0.4 is 5.32 Å². The molecule has 0 saturated carbocycles. The Hall–Kier alpha value is -2.85. The van der Waals surface area contributed by atoms with Crippen molar-refractivity contribution in [1.82, 2.24) is 29.5 Å². The third-order valence-corrected chi connectivity index (χ3v) is 6.02. The molecule has 1 amide bonds. The fourth-order valence-corrected chi connectivity index (χ4v) is 4.09. The molecule has 10 nitrogen and oxygen atoms in total. The minimum absolute atomic E-state index is 0.0560. The molecular weight excluding hydrogens is 398 g/mol. The molecule has 31 heavy (non-hydrogen) atoms. The van der Waals surface area contributed by atoms with Crippen LogP contribution in [0.5, 0.6) is 0 Å². The van der Waals surface area contributed by atoms with Crippen molar-refractivity contribution in [2.24, 2.45) is 7.05 Å². The van der Waals surface area contributed by atoms with E-state index in [2.05, 4.69) is 25.3 Å². The lowest BCUT2D eigenvalue weighted by atomic mass is 10.1. The summed E-state index contributed by atoms with van der Waals surface area (Å²) in [5.41, 5.74) is 2.80. The molecule has 0 unspecified atom stereocenters. The second-order valence-electron chi connectivity index (χ2n) is 8.39. The lowest BCUT2D eigenvalue weighted by Gasteiger charge is -2.39. The van der Waals surface area contributed by atoms with Crippen LogP contribution in [0.3, 0.4) is 0 Å². The van der Waals surface area contributed by atoms with Crippen molar-refractivity contribution < 1.29 is 14.7 Å². The summed E-state index contributed by atoms with van der Waals surface area (Å²) in [6, 6.07) is 1.77. The maximum atomic E-state index is 12.6. The number of rotatable bonds is 8. The van der Waals surface area contributed by atoms with E-state index in [4.69, 9.17) is 0 Å². The number of nitrogens with zero attached hydrogens (tertiary/aromatic N) is 6. The fourth-order valence-electron chi connectivity index (χ4n) is 4.09. The molecule has 2 aliphatic rings. The van der Waals surface area contributed by atoms with Crippen LogP contribution in [0.15, 0.2) is 18.6 Å². The molecule has 2 N–H and O–H groups in total. The summed E-state index contributed by atoms with van der Waals surface area (Å²) in [6.45, 7) is 4.99. The molecule has 2 aromatic rings. The van der Waals surface area contributed by atoms with Gasteiger partial charge in [-0.2, -0.15) is 5.10 Å². The Kier molecular flexibility index (Phi) is 6.28. The Bertz CT molecular complexity index is 954. The van der Waals surface area contributed by atoms with Crippen molar-refractivity contribution >= 4 is 17.5 Å². The van der Waals surface area contributed by atoms with Gasteiger partial charge in [0.05, 0.1) is 24.0 Å². The van der Waals surface area contributed by atoms with E-state index in [9.17, 15) is 14.7 Å². The average molecular weight is 428 g/mol. The van der Waals surface area contributed by atoms with Crippen LogP contribution in [0.2, 0.25) is 0 Å². The number of Topliss-reactive ketones (excluding diaryl/α,β-unsaturated/α-hetero) is 1. The lowest BCUT2D eigenvalue weighted by molar-refractivity contribution is -0.132. The van der Waals surface area contributed by atoms with Gasteiger partial charge < -0.3 is 15.3 Å². The van der Waals surface area contributed by atoms with Gasteiger partial charge in [0.1, 0.15) is 17.8 Å². The lowest BCUT2D eigenvalue weighted by Crippen LogP contribution is -2.56. The number of aromatic nitrogens is 4. The van der Waals surface area contributed by atoms with Gasteiger partial charge in [-0.25, -0.2) is 9.97 Å². The zero-order chi connectivity index (χ0) is 22.0. The monoisotopic (exact) mass is 427 g/mol. The molecule has 2 aliphatic heterocycles. The van der Waals surface area contributed by atoms with Gasteiger partial charge in [0.25, 0.3) is 0 Å². The molecule has 2 aromatic heterocycles. The number of hydrogen-bond acceptors (Lipinski definition) is 8. The normalized spacial score (nSPS) is 17.7. The maximum Gasteiger partial charge on any atom is 0.219 e. The highest BCUT2D eigenvalue weighted by atomic mass is 16.3. The number of carbonyl (C=O) groups is 2. The topological polar surface area (TPSA) is 116 Å². The molecule has 166 valence electrons. The SMILES string of the molecule is CC(=O)N1CC(Nc2cc(C(=O)CC[C@H](O)CN3CCc4cnn(C)c4C3)ncn2)C1. The molecule has 0 aliphatic carbocycles. The standard InChI is InChI=1S/C21H29N7O3/c1-14(29)28-9-16(10-28)25-21-7-18(22-13-23-21)20(31)4-3-17(30)11-27-6-5-15-8-24-26(2)19(15)12-27/h7-8,13,16-17,30H,3-6,9-12H2,1-2H3,(H,22,23,25)/t17-/m0/s1. The third-order valence-electron chi connectivity index (χ3n) is 6.02. The first-order chi connectivity index (χ1) is 14.9. The molecule has 1 fully saturated rings. The maximum absolute atomic E-state index is 12.6. The van der Waals surface area contributed by atoms with Crippen molar-refractivity contribution in [2.45, 2.75) is 44.9 Å². The Morgan fingerprint density at radius 2 is 2.13 bits per heavy atom. The van der Waals surface area contributed by atoms with E-state index in [1.54, 1.807) is 17.9 Å². The molecule has 10 heteroatoms. The average Bonchev–Trinajstić information content (AvgIpc) is 3.09. The van der Waals surface area contributed by atoms with Crippen molar-refractivity contribution in [3.05, 3.63) is 35.5 Å². The smallest absolute Gasteiger partial charge is 0.219 e. The number of β-amino-alcohol motifs (C(OH)–C–C–N with tert-alkyl or cyclic N) is 1. The summed E-state index contributed by atoms with van der Waals surface area (Å²) in [4.78, 5) is 36.0. The second kappa shape index (κ2) is 9.11. The van der Waals surface area contributed by atoms with E-state index in [1.165, 1.54) is 17.6 Å². The summed E-state index contributed by atoms with van der Waals surface area (Å²) in [7, 11) is 1.94. The molecule has 0 spiro atoms. The fraction of sp³-hybridized carbons (Fsp3) is 0.571. The predicted molar refractivity (Wildman–Crippen MR) is 113 cm³/mol. The van der Waals surface area contributed by atoms with E-state index >= 15 is 0 Å². The summed E-state index contributed by atoms with van der Waals surface area (Å²) in [6.07, 6.45) is 4.24. The number of carbonyl (C=O) groups excluding carboxylic acids is 2. The summed E-state index contributed by atoms with van der Waals surface area (Å²) in [5, 5.41) is 18.0. The van der Waals surface area contributed by atoms with Crippen LogP contribution in [0.1, 0.15) is 41.5 Å². The highest BCUT2D eigenvalue weighted by Crippen LogP contribution is 2.19. The van der Waals surface area contributed by atoms with Crippen molar-refractivity contribution in [2.75, 3.05) is 31.5 Å². The quantitative estimate of drug-likeness (QED) is 0.576. The number of aliphatic hydroxyl groups is 1. The number of amides is 1. The molecule has 0 radical (unpaired) electrons. The number of ketones is 1. The first-order valence-electron chi connectivity index (χ1n) is 10.7. The van der Waals surface area contributed by atoms with Gasteiger partial charge in [-0.15, -0.1) is 0 Å². The van der Waals surface area contributed by atoms with Gasteiger partial charge in [0.2, 0.25) is 5.91 Å². The van der Waals surface area contributed by atoms with Gasteiger partial charge in [-0.3, -0.25) is 19.2 Å². The van der Waals surface area contributed by atoms with Crippen LogP contribution in [0, 0.1) is 0 Å². The number of likely N-dealkylation sites (tertiary alicyclic amines) is 1. The number of aliphatic hydroxyl groups excluding tert-OH is 1. The molecule has 4 heterocycles. The van der Waals surface area contributed by atoms with Gasteiger partial charge >= 0.3 is 0 Å². The van der Waals surface area contributed by atoms with E-state index in [0.29, 0.717) is 37.6 Å². The number of nitrogens with one attached hydrogen (secondary N) is 1. The Morgan fingerprint density at radius 1 is 1.32 bits per heavy atom. The summed E-state index contributed by atoms with van der Waals surface area (Å²) < 4.78 is 1.89. The summed E-state index contributed by atoms with van der Waals surface area (Å²) >= 11 is 0. The van der Waals surface area contributed by atoms with E-state index in [0.717, 1.165) is 19.5 Å². The van der Waals surface area contributed by atoms with Crippen LogP contribution >= 0.6 is 0 Å². The first kappa shape index (κ1) is 21.4. The van der Waals surface area contributed by atoms with Crippen molar-refractivity contribution in [1.29, 1.82) is 0 Å². The summed E-state index contributed by atoms with van der Waals surface area (Å²) in [5.74, 6) is 0.518. The van der Waals surface area contributed by atoms with Gasteiger partial charge in [-0.1, -0.05) is 0 Å². The molecular formula is C21H29N7O3. The number of fused-ring (bicyclic) bond motifs is 1. The van der Waals surface area contributed by atoms with Gasteiger partial charge in [-0.05, 0) is 18.4 Å². The van der Waals surface area contributed by atoms with E-state index in [1.807, 2.05) is 17.9 Å². The molecule has 4 rings (SSSR count). The minimum atomic E-state index is -0.578. The van der Waals surface area contributed by atoms with E-state index < -0.39 is 6.10 Å². The number of aryl methyl sites for hydroxylation is 1. The Labute approximate surface area is 181 Å². The second-order valence-corrected chi connectivity index (χ2v) is 8.39. The van der Waals surface area contributed by atoms with Gasteiger partial charge in [0.15, 0.2) is 5.78 Å². The molecule has 0 aromatic carbocycles. The van der Waals surface area contributed by atoms with Crippen LogP contribution in [-0.4, -0.2) is 84.7 Å². The molecule has 1 saturated heterocycles. The Morgan fingerprint density at radius 3 is 2.90 bits per heavy atom. The zero-order valence-corrected chi connectivity index (χ0v) is 18.0. The zero-order valence-electron chi connectivity index (χ0n) is 18.0. The minimum Gasteiger partial charge on any atom is -0.392 e. The number of anilines is 1. The van der Waals surface area contributed by atoms with Crippen LogP contribution in [0.25, 0.3) is 0 Å².